The predicted octanol–water partition coefficient (Wildman–Crippen LogP) is 4.13. The zero-order valence-corrected chi connectivity index (χ0v) is 19.1. The Morgan fingerprint density at radius 2 is 2.00 bits per heavy atom. The molecule has 1 N–H and O–H groups in total. The van der Waals surface area contributed by atoms with Crippen LogP contribution in [-0.4, -0.2) is 39.3 Å². The summed E-state index contributed by atoms with van der Waals surface area (Å²) in [6, 6.07) is 14.1. The predicted molar refractivity (Wildman–Crippen MR) is 125 cm³/mol. The van der Waals surface area contributed by atoms with E-state index in [4.69, 9.17) is 9.72 Å². The molecule has 1 amide bonds. The van der Waals surface area contributed by atoms with Crippen molar-refractivity contribution in [2.45, 2.75) is 26.9 Å². The van der Waals surface area contributed by atoms with Crippen LogP contribution in [0.1, 0.15) is 31.4 Å². The molecule has 8 heteroatoms. The molecular weight excluding hydrogens is 422 g/mol. The highest BCUT2D eigenvalue weighted by atomic mass is 32.1. The molecular formula is C24H25N5O2S. The van der Waals surface area contributed by atoms with E-state index in [2.05, 4.69) is 35.3 Å². The Labute approximate surface area is 191 Å². The Hall–Kier alpha value is -3.36. The first-order valence-electron chi connectivity index (χ1n) is 10.4. The highest BCUT2D eigenvalue weighted by Crippen LogP contribution is 2.29. The van der Waals surface area contributed by atoms with Crippen LogP contribution < -0.4 is 5.32 Å². The molecule has 4 aromatic rings. The minimum Gasteiger partial charge on any atom is -0.378 e. The molecule has 1 aromatic carbocycles. The lowest BCUT2D eigenvalue weighted by Gasteiger charge is -2.09. The van der Waals surface area contributed by atoms with Gasteiger partial charge in [-0.15, -0.1) is 11.3 Å². The van der Waals surface area contributed by atoms with Crippen LogP contribution in [0.2, 0.25) is 0 Å². The van der Waals surface area contributed by atoms with Crippen molar-refractivity contribution in [3.05, 3.63) is 81.4 Å². The van der Waals surface area contributed by atoms with E-state index in [0.717, 1.165) is 17.7 Å². The standard InChI is InChI=1S/C24H25N5O2S/c1-16-13-19(17(2)32-16)21-10-12-26-24(28-21)29-22(15-31-3)20(14-27-29)23(30)25-11-9-18-7-5-4-6-8-18/h4-8,10,12-14H,9,11,15H2,1-3H3,(H,25,30). The van der Waals surface area contributed by atoms with Crippen LogP contribution >= 0.6 is 11.3 Å². The number of aryl methyl sites for hydroxylation is 2. The van der Waals surface area contributed by atoms with Gasteiger partial charge in [0.05, 0.1) is 29.8 Å². The summed E-state index contributed by atoms with van der Waals surface area (Å²) in [5.41, 5.74) is 4.14. The number of ether oxygens (including phenoxy) is 1. The molecule has 0 aliphatic carbocycles. The highest BCUT2D eigenvalue weighted by Gasteiger charge is 2.20. The monoisotopic (exact) mass is 447 g/mol. The van der Waals surface area contributed by atoms with Crippen molar-refractivity contribution in [1.29, 1.82) is 0 Å². The lowest BCUT2D eigenvalue weighted by atomic mass is 10.1. The summed E-state index contributed by atoms with van der Waals surface area (Å²) >= 11 is 1.74. The number of aromatic nitrogens is 4. The molecule has 0 unspecified atom stereocenters. The summed E-state index contributed by atoms with van der Waals surface area (Å²) in [5.74, 6) is 0.209. The molecule has 0 bridgehead atoms. The van der Waals surface area contributed by atoms with E-state index in [1.165, 1.54) is 15.3 Å². The van der Waals surface area contributed by atoms with Crippen LogP contribution in [0.4, 0.5) is 0 Å². The number of thiophene rings is 1. The molecule has 0 spiro atoms. The lowest BCUT2D eigenvalue weighted by molar-refractivity contribution is 0.0948. The third kappa shape index (κ3) is 4.76. The number of nitrogens with one attached hydrogen (secondary N) is 1. The minimum absolute atomic E-state index is 0.195. The van der Waals surface area contributed by atoms with Crippen LogP contribution in [0.15, 0.2) is 54.9 Å². The second-order valence-electron chi connectivity index (χ2n) is 7.41. The van der Waals surface area contributed by atoms with Crippen molar-refractivity contribution in [3.63, 3.8) is 0 Å². The van der Waals surface area contributed by atoms with Gasteiger partial charge in [0.25, 0.3) is 11.9 Å². The van der Waals surface area contributed by atoms with E-state index < -0.39 is 0 Å². The van der Waals surface area contributed by atoms with Crippen LogP contribution in [-0.2, 0) is 17.8 Å². The van der Waals surface area contributed by atoms with Gasteiger partial charge in [0.2, 0.25) is 0 Å². The number of benzene rings is 1. The molecule has 164 valence electrons. The molecule has 0 saturated heterocycles. The number of amides is 1. The summed E-state index contributed by atoms with van der Waals surface area (Å²) in [5, 5.41) is 7.38. The first kappa shape index (κ1) is 21.9. The van der Waals surface area contributed by atoms with Crippen molar-refractivity contribution >= 4 is 17.2 Å². The first-order valence-corrected chi connectivity index (χ1v) is 11.2. The van der Waals surface area contributed by atoms with Crippen LogP contribution in [0.3, 0.4) is 0 Å². The SMILES string of the molecule is COCc1c(C(=O)NCCc2ccccc2)cnn1-c1nccc(-c2cc(C)sc2C)n1. The molecule has 0 saturated carbocycles. The van der Waals surface area contributed by atoms with Crippen molar-refractivity contribution in [1.82, 2.24) is 25.1 Å². The summed E-state index contributed by atoms with van der Waals surface area (Å²) in [4.78, 5) is 24.4. The van der Waals surface area contributed by atoms with E-state index in [0.29, 0.717) is 23.8 Å². The highest BCUT2D eigenvalue weighted by molar-refractivity contribution is 7.12. The Morgan fingerprint density at radius 1 is 1.19 bits per heavy atom. The average molecular weight is 448 g/mol. The normalized spacial score (nSPS) is 11.0. The Balaban J connectivity index is 1.57. The molecule has 0 atom stereocenters. The summed E-state index contributed by atoms with van der Waals surface area (Å²) in [6.07, 6.45) is 4.01. The smallest absolute Gasteiger partial charge is 0.254 e. The van der Waals surface area contributed by atoms with Gasteiger partial charge in [-0.1, -0.05) is 30.3 Å². The fraction of sp³-hybridized carbons (Fsp3) is 0.250. The Morgan fingerprint density at radius 3 is 2.72 bits per heavy atom. The number of hydrogen-bond donors (Lipinski definition) is 1. The van der Waals surface area contributed by atoms with E-state index >= 15 is 0 Å². The fourth-order valence-electron chi connectivity index (χ4n) is 3.56. The van der Waals surface area contributed by atoms with Crippen molar-refractivity contribution in [2.75, 3.05) is 13.7 Å². The van der Waals surface area contributed by atoms with Crippen LogP contribution in [0.25, 0.3) is 17.2 Å². The third-order valence-corrected chi connectivity index (χ3v) is 6.05. The van der Waals surface area contributed by atoms with E-state index in [1.54, 1.807) is 35.5 Å². The summed E-state index contributed by atoms with van der Waals surface area (Å²) in [7, 11) is 1.59. The van der Waals surface area contributed by atoms with Crippen LogP contribution in [0, 0.1) is 13.8 Å². The van der Waals surface area contributed by atoms with E-state index in [1.807, 2.05) is 36.4 Å². The zero-order valence-electron chi connectivity index (χ0n) is 18.3. The average Bonchev–Trinajstić information content (AvgIpc) is 3.37. The van der Waals surface area contributed by atoms with Crippen LogP contribution in [0.5, 0.6) is 0 Å². The van der Waals surface area contributed by atoms with Crippen molar-refractivity contribution in [2.24, 2.45) is 0 Å². The molecule has 3 aromatic heterocycles. The van der Waals surface area contributed by atoms with Gasteiger partial charge in [0, 0.05) is 35.2 Å². The second-order valence-corrected chi connectivity index (χ2v) is 8.87. The molecule has 4 rings (SSSR count). The van der Waals surface area contributed by atoms with Gasteiger partial charge in [-0.3, -0.25) is 4.79 Å². The maximum absolute atomic E-state index is 12.9. The van der Waals surface area contributed by atoms with Gasteiger partial charge in [-0.25, -0.2) is 9.97 Å². The zero-order chi connectivity index (χ0) is 22.5. The van der Waals surface area contributed by atoms with Gasteiger partial charge in [-0.2, -0.15) is 9.78 Å². The third-order valence-electron chi connectivity index (χ3n) is 5.09. The van der Waals surface area contributed by atoms with Gasteiger partial charge in [-0.05, 0) is 38.0 Å². The van der Waals surface area contributed by atoms with Gasteiger partial charge < -0.3 is 10.1 Å². The van der Waals surface area contributed by atoms with Gasteiger partial charge >= 0.3 is 0 Å². The first-order chi connectivity index (χ1) is 15.6. The molecule has 0 fully saturated rings. The largest absolute Gasteiger partial charge is 0.378 e. The number of nitrogens with zero attached hydrogens (tertiary/aromatic N) is 4. The second kappa shape index (κ2) is 9.84. The maximum Gasteiger partial charge on any atom is 0.254 e. The minimum atomic E-state index is -0.195. The topological polar surface area (TPSA) is 81.9 Å². The molecule has 3 heterocycles. The quantitative estimate of drug-likeness (QED) is 0.439. The number of carbonyl (C=O) groups excluding carboxylic acids is 1. The molecule has 0 aliphatic heterocycles. The van der Waals surface area contributed by atoms with Gasteiger partial charge in [0.1, 0.15) is 0 Å². The van der Waals surface area contributed by atoms with Crippen molar-refractivity contribution in [3.8, 4) is 17.2 Å². The molecule has 0 aliphatic rings. The molecule has 32 heavy (non-hydrogen) atoms. The summed E-state index contributed by atoms with van der Waals surface area (Å²) in [6.45, 7) is 4.90. The van der Waals surface area contributed by atoms with Crippen molar-refractivity contribution < 1.29 is 9.53 Å². The summed E-state index contributed by atoms with van der Waals surface area (Å²) < 4.78 is 6.93. The number of rotatable bonds is 8. The lowest BCUT2D eigenvalue weighted by Crippen LogP contribution is -2.26. The fourth-order valence-corrected chi connectivity index (χ4v) is 4.49. The molecule has 0 radical (unpaired) electrons. The van der Waals surface area contributed by atoms with Gasteiger partial charge in [0.15, 0.2) is 0 Å². The maximum atomic E-state index is 12.9. The number of methoxy groups -OCH3 is 1. The number of carbonyl (C=O) groups is 1. The Kier molecular flexibility index (Phi) is 6.72. The Bertz CT molecular complexity index is 1220. The number of hydrogen-bond acceptors (Lipinski definition) is 6. The molecule has 7 nitrogen and oxygen atoms in total. The van der Waals surface area contributed by atoms with E-state index in [9.17, 15) is 4.79 Å². The van der Waals surface area contributed by atoms with E-state index in [-0.39, 0.29) is 12.5 Å².